The zero-order valence-electron chi connectivity index (χ0n) is 31.6. The summed E-state index contributed by atoms with van der Waals surface area (Å²) in [6, 6.07) is 0. The van der Waals surface area contributed by atoms with Crippen molar-refractivity contribution in [3.63, 3.8) is 0 Å². The summed E-state index contributed by atoms with van der Waals surface area (Å²) in [6.07, 6.45) is 4.41. The molecule has 0 radical (unpaired) electrons. The van der Waals surface area contributed by atoms with Gasteiger partial charge in [-0.1, -0.05) is 45.9 Å². The van der Waals surface area contributed by atoms with Crippen LogP contribution in [0.3, 0.4) is 0 Å². The minimum atomic E-state index is -2.21. The number of methoxy groups -OCH3 is 1. The van der Waals surface area contributed by atoms with Crippen LogP contribution in [0.1, 0.15) is 80.3 Å². The Morgan fingerprint density at radius 3 is 2.26 bits per heavy atom. The number of hydrogen-bond acceptors (Lipinski definition) is 14. The number of carbonyl (C=O) groups is 5. The van der Waals surface area contributed by atoms with Crippen LogP contribution < -0.4 is 10.1 Å². The van der Waals surface area contributed by atoms with Crippen molar-refractivity contribution in [2.45, 2.75) is 91.4 Å². The summed E-state index contributed by atoms with van der Waals surface area (Å²) in [6.45, 7) is 11.7. The molecule has 1 saturated heterocycles. The SMILES string of the molecule is COC1/C=C\OC2(C)Oc3c(C)c(O)c4c(c3C2=O)C2(C=C(NC(=O)/C(C)=C/C=C/C(C)C(O)C(C)C(O)C(C)C(OC(C)=O)C1C)C4=O)OCC(=O)O2. The quantitative estimate of drug-likeness (QED) is 0.320. The van der Waals surface area contributed by atoms with Crippen LogP contribution in [-0.4, -0.2) is 88.7 Å². The van der Waals surface area contributed by atoms with E-state index in [1.165, 1.54) is 47.0 Å². The second kappa shape index (κ2) is 15.1. The zero-order chi connectivity index (χ0) is 40.0. The molecule has 15 heteroatoms. The summed E-state index contributed by atoms with van der Waals surface area (Å²) in [4.78, 5) is 66.6. The van der Waals surface area contributed by atoms with E-state index in [-0.39, 0.29) is 33.7 Å². The molecule has 1 spiro atoms. The summed E-state index contributed by atoms with van der Waals surface area (Å²) in [5.74, 6) is -11.4. The normalized spacial score (nSPS) is 36.6. The molecule has 1 fully saturated rings. The fourth-order valence-corrected chi connectivity index (χ4v) is 7.37. The Kier molecular flexibility index (Phi) is 11.3. The van der Waals surface area contributed by atoms with Gasteiger partial charge in [0, 0.05) is 61.8 Å². The minimum Gasteiger partial charge on any atom is -0.507 e. The Balaban J connectivity index is 1.66. The van der Waals surface area contributed by atoms with Crippen molar-refractivity contribution in [2.24, 2.45) is 23.7 Å². The number of esters is 2. The number of aromatic hydroxyl groups is 1. The van der Waals surface area contributed by atoms with E-state index in [1.54, 1.807) is 39.8 Å². The van der Waals surface area contributed by atoms with Gasteiger partial charge >= 0.3 is 17.7 Å². The van der Waals surface area contributed by atoms with E-state index in [0.29, 0.717) is 0 Å². The molecule has 6 rings (SSSR count). The van der Waals surface area contributed by atoms with Crippen molar-refractivity contribution in [1.82, 2.24) is 5.32 Å². The van der Waals surface area contributed by atoms with Crippen LogP contribution in [0.5, 0.6) is 11.5 Å². The topological polar surface area (TPSA) is 213 Å². The van der Waals surface area contributed by atoms with Gasteiger partial charge in [-0.05, 0) is 19.9 Å². The maximum atomic E-state index is 14.3. The van der Waals surface area contributed by atoms with Crippen LogP contribution >= 0.6 is 0 Å². The molecule has 4 N–H and O–H groups in total. The molecule has 54 heavy (non-hydrogen) atoms. The summed E-state index contributed by atoms with van der Waals surface area (Å²) in [7, 11) is 1.42. The fraction of sp³-hybridized carbons (Fsp3) is 0.513. The number of aliphatic hydroxyl groups is 2. The molecule has 4 heterocycles. The van der Waals surface area contributed by atoms with E-state index in [9.17, 15) is 39.3 Å². The molecule has 0 saturated carbocycles. The van der Waals surface area contributed by atoms with Crippen LogP contribution in [0.4, 0.5) is 0 Å². The van der Waals surface area contributed by atoms with Gasteiger partial charge < -0.3 is 49.1 Å². The summed E-state index contributed by atoms with van der Waals surface area (Å²) < 4.78 is 34.8. The number of carbonyl (C=O) groups excluding carboxylic acids is 5. The molecule has 1 aliphatic carbocycles. The zero-order valence-corrected chi connectivity index (χ0v) is 31.6. The van der Waals surface area contributed by atoms with E-state index in [2.05, 4.69) is 5.32 Å². The number of ketones is 2. The highest BCUT2D eigenvalue weighted by Crippen LogP contribution is 2.53. The summed E-state index contributed by atoms with van der Waals surface area (Å²) in [5, 5.41) is 36.6. The molecular formula is C39H47NO14. The van der Waals surface area contributed by atoms with Gasteiger partial charge in [-0.2, -0.15) is 0 Å². The number of phenols is 1. The first-order valence-electron chi connectivity index (χ1n) is 17.6. The molecular weight excluding hydrogens is 706 g/mol. The average molecular weight is 754 g/mol. The van der Waals surface area contributed by atoms with E-state index < -0.39 is 107 Å². The van der Waals surface area contributed by atoms with Crippen LogP contribution in [-0.2, 0) is 43.9 Å². The highest BCUT2D eigenvalue weighted by Gasteiger charge is 2.58. The van der Waals surface area contributed by atoms with Gasteiger partial charge in [-0.3, -0.25) is 19.2 Å². The van der Waals surface area contributed by atoms with Gasteiger partial charge in [0.2, 0.25) is 5.78 Å². The van der Waals surface area contributed by atoms with Crippen molar-refractivity contribution in [3.05, 3.63) is 70.2 Å². The number of rotatable bonds is 2. The lowest BCUT2D eigenvalue weighted by molar-refractivity contribution is -0.161. The van der Waals surface area contributed by atoms with E-state index in [1.807, 2.05) is 0 Å². The van der Waals surface area contributed by atoms with E-state index >= 15 is 0 Å². The standard InChI is InChI=1S/C39H47NO14/c1-17-11-10-12-18(2)37(48)40-24-15-39(51-16-26(42)53-39)29-27(33(24)46)32(45)22(6)35-28(29)36(47)38(8,54-35)50-14-13-25(49-9)19(3)34(52-23(7)41)21(5)31(44)20(4)30(17)43/h10-15,17,19-21,25,30-31,34,43-45H,16H2,1-9H3,(H,40,48)/b11-10+,14-13-,18-12+. The van der Waals surface area contributed by atoms with Gasteiger partial charge in [0.05, 0.1) is 47.0 Å². The number of fused-ring (bicyclic) bond motifs is 13. The van der Waals surface area contributed by atoms with Crippen LogP contribution in [0.15, 0.2) is 47.9 Å². The molecule has 0 aromatic heterocycles. The first kappa shape index (κ1) is 40.4. The monoisotopic (exact) mass is 753 g/mol. The Labute approximate surface area is 312 Å². The molecule has 292 valence electrons. The molecule has 5 aliphatic rings. The van der Waals surface area contributed by atoms with Crippen molar-refractivity contribution in [1.29, 1.82) is 0 Å². The number of amides is 1. The van der Waals surface area contributed by atoms with Gasteiger partial charge in [-0.25, -0.2) is 4.79 Å². The number of Topliss-reactive ketones (excluding diaryl/α,β-unsaturated/α-hetero) is 2. The number of hydrogen-bond donors (Lipinski definition) is 4. The predicted octanol–water partition coefficient (Wildman–Crippen LogP) is 3.17. The summed E-state index contributed by atoms with van der Waals surface area (Å²) >= 11 is 0. The molecule has 4 aliphatic heterocycles. The average Bonchev–Trinajstić information content (AvgIpc) is 3.62. The van der Waals surface area contributed by atoms with Crippen molar-refractivity contribution < 1.29 is 67.7 Å². The number of aliphatic hydroxyl groups excluding tert-OH is 2. The minimum absolute atomic E-state index is 0.00812. The Hall–Kier alpha value is -4.83. The lowest BCUT2D eigenvalue weighted by Crippen LogP contribution is -2.46. The molecule has 10 unspecified atom stereocenters. The first-order chi connectivity index (χ1) is 25.3. The predicted molar refractivity (Wildman–Crippen MR) is 189 cm³/mol. The Morgan fingerprint density at radius 1 is 0.963 bits per heavy atom. The van der Waals surface area contributed by atoms with Gasteiger partial charge in [0.1, 0.15) is 24.2 Å². The Morgan fingerprint density at radius 2 is 1.65 bits per heavy atom. The lowest BCUT2D eigenvalue weighted by Gasteiger charge is -2.38. The number of allylic oxidation sites excluding steroid dienone is 3. The van der Waals surface area contributed by atoms with Gasteiger partial charge in [0.25, 0.3) is 17.5 Å². The molecule has 10 atom stereocenters. The third kappa shape index (κ3) is 7.08. The third-order valence-corrected chi connectivity index (χ3v) is 10.6. The van der Waals surface area contributed by atoms with E-state index in [0.717, 1.165) is 12.3 Å². The summed E-state index contributed by atoms with van der Waals surface area (Å²) in [5.41, 5.74) is -1.23. The second-order valence-corrected chi connectivity index (χ2v) is 14.4. The van der Waals surface area contributed by atoms with Gasteiger partial charge in [-0.15, -0.1) is 0 Å². The molecule has 15 nitrogen and oxygen atoms in total. The van der Waals surface area contributed by atoms with Gasteiger partial charge in [0.15, 0.2) is 0 Å². The number of benzene rings is 1. The molecule has 1 aromatic rings. The third-order valence-electron chi connectivity index (χ3n) is 10.6. The lowest BCUT2D eigenvalue weighted by atomic mass is 9.78. The number of ether oxygens (including phenoxy) is 6. The van der Waals surface area contributed by atoms with Crippen molar-refractivity contribution >= 4 is 29.4 Å². The van der Waals surface area contributed by atoms with Crippen molar-refractivity contribution in [3.8, 4) is 11.5 Å². The highest BCUT2D eigenvalue weighted by molar-refractivity contribution is 6.19. The second-order valence-electron chi connectivity index (χ2n) is 14.4. The highest BCUT2D eigenvalue weighted by atomic mass is 16.8. The largest absolute Gasteiger partial charge is 0.507 e. The maximum Gasteiger partial charge on any atom is 0.335 e. The Bertz CT molecular complexity index is 1880. The molecule has 5 bridgehead atoms. The van der Waals surface area contributed by atoms with Crippen LogP contribution in [0.25, 0.3) is 0 Å². The smallest absolute Gasteiger partial charge is 0.335 e. The maximum absolute atomic E-state index is 14.3. The molecule has 1 amide bonds. The van der Waals surface area contributed by atoms with Crippen LogP contribution in [0, 0.1) is 30.6 Å². The molecule has 1 aromatic carbocycles. The van der Waals surface area contributed by atoms with Crippen molar-refractivity contribution in [2.75, 3.05) is 13.7 Å². The fourth-order valence-electron chi connectivity index (χ4n) is 7.37. The number of nitrogens with one attached hydrogen (secondary N) is 1. The van der Waals surface area contributed by atoms with Crippen LogP contribution in [0.2, 0.25) is 0 Å². The number of phenolic OH excluding ortho intramolecular Hbond substituents is 1. The van der Waals surface area contributed by atoms with E-state index in [4.69, 9.17) is 28.4 Å². The first-order valence-corrected chi connectivity index (χ1v) is 17.6.